The van der Waals surface area contributed by atoms with Crippen molar-refractivity contribution in [3.63, 3.8) is 0 Å². The Kier molecular flexibility index (Phi) is 4.70. The predicted molar refractivity (Wildman–Crippen MR) is 68.3 cm³/mol. The third-order valence-corrected chi connectivity index (χ3v) is 4.04. The summed E-state index contributed by atoms with van der Waals surface area (Å²) < 4.78 is 20.5. The van der Waals surface area contributed by atoms with Crippen molar-refractivity contribution in [2.45, 2.75) is 44.9 Å². The molecule has 16 heavy (non-hydrogen) atoms. The standard InChI is InChI=1S/C10H17BrN2O2S/c1-5-7(8-6-9(11)12-15-8)13-16(14)10(2,3)4/h6-7,13H,5H2,1-4H3/t7?,16-/m0/s1. The predicted octanol–water partition coefficient (Wildman–Crippen LogP) is 2.94. The van der Waals surface area contributed by atoms with E-state index < -0.39 is 11.0 Å². The molecule has 0 saturated carbocycles. The van der Waals surface area contributed by atoms with Crippen LogP contribution >= 0.6 is 15.9 Å². The lowest BCUT2D eigenvalue weighted by molar-refractivity contribution is 0.348. The summed E-state index contributed by atoms with van der Waals surface area (Å²) in [5, 5.41) is 3.76. The number of hydrogen-bond acceptors (Lipinski definition) is 3. The van der Waals surface area contributed by atoms with Crippen LogP contribution in [0.1, 0.15) is 45.9 Å². The summed E-state index contributed by atoms with van der Waals surface area (Å²) in [5.41, 5.74) is 0. The average Bonchev–Trinajstić information content (AvgIpc) is 2.59. The Morgan fingerprint density at radius 2 is 2.25 bits per heavy atom. The number of nitrogens with zero attached hydrogens (tertiary/aromatic N) is 1. The third kappa shape index (κ3) is 3.68. The maximum atomic E-state index is 11.9. The monoisotopic (exact) mass is 308 g/mol. The first kappa shape index (κ1) is 13.9. The molecule has 92 valence electrons. The van der Waals surface area contributed by atoms with Gasteiger partial charge in [0.2, 0.25) is 0 Å². The molecule has 1 unspecified atom stereocenters. The highest BCUT2D eigenvalue weighted by molar-refractivity contribution is 9.10. The van der Waals surface area contributed by atoms with E-state index >= 15 is 0 Å². The van der Waals surface area contributed by atoms with E-state index in [-0.39, 0.29) is 10.8 Å². The van der Waals surface area contributed by atoms with Gasteiger partial charge in [0.15, 0.2) is 5.76 Å². The molecule has 0 amide bonds. The normalized spacial score (nSPS) is 16.1. The lowest BCUT2D eigenvalue weighted by Crippen LogP contribution is -2.35. The van der Waals surface area contributed by atoms with Gasteiger partial charge in [-0.1, -0.05) is 12.1 Å². The molecule has 1 rings (SSSR count). The number of nitrogens with one attached hydrogen (secondary N) is 1. The zero-order chi connectivity index (χ0) is 12.3. The second kappa shape index (κ2) is 5.42. The summed E-state index contributed by atoms with van der Waals surface area (Å²) in [6.07, 6.45) is 0.795. The minimum atomic E-state index is -1.11. The Labute approximate surface area is 107 Å². The van der Waals surface area contributed by atoms with Crippen molar-refractivity contribution in [2.24, 2.45) is 0 Å². The van der Waals surface area contributed by atoms with Gasteiger partial charge < -0.3 is 4.52 Å². The summed E-state index contributed by atoms with van der Waals surface area (Å²) >= 11 is 3.23. The van der Waals surface area contributed by atoms with Crippen molar-refractivity contribution in [1.82, 2.24) is 9.88 Å². The molecular weight excluding hydrogens is 292 g/mol. The van der Waals surface area contributed by atoms with Gasteiger partial charge in [0, 0.05) is 6.07 Å². The number of halogens is 1. The van der Waals surface area contributed by atoms with Gasteiger partial charge in [0.05, 0.1) is 21.8 Å². The van der Waals surface area contributed by atoms with Crippen LogP contribution in [0.2, 0.25) is 0 Å². The molecule has 6 heteroatoms. The van der Waals surface area contributed by atoms with Crippen molar-refractivity contribution in [3.8, 4) is 0 Å². The molecule has 0 aliphatic rings. The Morgan fingerprint density at radius 3 is 2.62 bits per heavy atom. The smallest absolute Gasteiger partial charge is 0.155 e. The highest BCUT2D eigenvalue weighted by Crippen LogP contribution is 2.22. The fourth-order valence-electron chi connectivity index (χ4n) is 1.08. The SMILES string of the molecule is CCC(N[S@@](=O)C(C)(C)C)c1cc(Br)no1. The van der Waals surface area contributed by atoms with Crippen LogP contribution in [0.25, 0.3) is 0 Å². The van der Waals surface area contributed by atoms with Crippen LogP contribution in [-0.4, -0.2) is 14.1 Å². The maximum Gasteiger partial charge on any atom is 0.155 e. The van der Waals surface area contributed by atoms with Crippen molar-refractivity contribution in [2.75, 3.05) is 0 Å². The molecule has 1 aromatic rings. The van der Waals surface area contributed by atoms with Gasteiger partial charge in [0.25, 0.3) is 0 Å². The van der Waals surface area contributed by atoms with Gasteiger partial charge in [-0.05, 0) is 43.1 Å². The quantitative estimate of drug-likeness (QED) is 0.930. The fourth-order valence-corrected chi connectivity index (χ4v) is 2.27. The summed E-state index contributed by atoms with van der Waals surface area (Å²) in [5.74, 6) is 0.701. The second-order valence-corrected chi connectivity index (χ2v) is 7.32. The summed E-state index contributed by atoms with van der Waals surface area (Å²) in [4.78, 5) is 0. The minimum Gasteiger partial charge on any atom is -0.359 e. The van der Waals surface area contributed by atoms with E-state index in [1.54, 1.807) is 6.07 Å². The van der Waals surface area contributed by atoms with Crippen LogP contribution in [-0.2, 0) is 11.0 Å². The molecule has 0 fully saturated rings. The lowest BCUT2D eigenvalue weighted by Gasteiger charge is -2.21. The van der Waals surface area contributed by atoms with E-state index in [0.29, 0.717) is 10.4 Å². The van der Waals surface area contributed by atoms with E-state index in [1.807, 2.05) is 27.7 Å². The second-order valence-electron chi connectivity index (χ2n) is 4.51. The van der Waals surface area contributed by atoms with Crippen LogP contribution in [0.5, 0.6) is 0 Å². The van der Waals surface area contributed by atoms with Gasteiger partial charge in [-0.15, -0.1) is 0 Å². The average molecular weight is 309 g/mol. The molecule has 0 aromatic carbocycles. The fraction of sp³-hybridized carbons (Fsp3) is 0.700. The highest BCUT2D eigenvalue weighted by atomic mass is 79.9. The molecule has 1 heterocycles. The lowest BCUT2D eigenvalue weighted by atomic mass is 10.2. The van der Waals surface area contributed by atoms with E-state index in [4.69, 9.17) is 4.52 Å². The summed E-state index contributed by atoms with van der Waals surface area (Å²) in [7, 11) is -1.11. The van der Waals surface area contributed by atoms with Crippen LogP contribution in [0, 0.1) is 0 Å². The molecule has 0 aliphatic heterocycles. The van der Waals surface area contributed by atoms with Crippen molar-refractivity contribution in [1.29, 1.82) is 0 Å². The highest BCUT2D eigenvalue weighted by Gasteiger charge is 2.24. The van der Waals surface area contributed by atoms with Gasteiger partial charge >= 0.3 is 0 Å². The van der Waals surface area contributed by atoms with Crippen molar-refractivity contribution in [3.05, 3.63) is 16.4 Å². The Hall–Kier alpha value is -0.200. The van der Waals surface area contributed by atoms with Crippen molar-refractivity contribution >= 4 is 26.9 Å². The topological polar surface area (TPSA) is 55.1 Å². The van der Waals surface area contributed by atoms with Crippen LogP contribution < -0.4 is 4.72 Å². The molecule has 0 spiro atoms. The van der Waals surface area contributed by atoms with Gasteiger partial charge in [-0.2, -0.15) is 0 Å². The van der Waals surface area contributed by atoms with Gasteiger partial charge in [0.1, 0.15) is 4.60 Å². The summed E-state index contributed by atoms with van der Waals surface area (Å²) in [6.45, 7) is 7.80. The first-order chi connectivity index (χ1) is 7.34. The first-order valence-corrected chi connectivity index (χ1v) is 7.09. The van der Waals surface area contributed by atoms with Crippen LogP contribution in [0.3, 0.4) is 0 Å². The molecule has 0 radical (unpaired) electrons. The van der Waals surface area contributed by atoms with Crippen molar-refractivity contribution < 1.29 is 8.73 Å². The maximum absolute atomic E-state index is 11.9. The largest absolute Gasteiger partial charge is 0.359 e. The Balaban J connectivity index is 2.74. The van der Waals surface area contributed by atoms with E-state index in [1.165, 1.54) is 0 Å². The molecule has 1 aromatic heterocycles. The molecule has 1 N–H and O–H groups in total. The summed E-state index contributed by atoms with van der Waals surface area (Å²) in [6, 6.07) is 1.72. The third-order valence-electron chi connectivity index (χ3n) is 2.06. The zero-order valence-corrected chi connectivity index (χ0v) is 12.3. The Morgan fingerprint density at radius 1 is 1.62 bits per heavy atom. The Bertz CT molecular complexity index is 373. The van der Waals surface area contributed by atoms with E-state index in [2.05, 4.69) is 25.8 Å². The van der Waals surface area contributed by atoms with E-state index in [9.17, 15) is 4.21 Å². The minimum absolute atomic E-state index is 0.0705. The molecule has 0 aliphatic carbocycles. The van der Waals surface area contributed by atoms with E-state index in [0.717, 1.165) is 6.42 Å². The number of rotatable bonds is 4. The van der Waals surface area contributed by atoms with Crippen LogP contribution in [0.4, 0.5) is 0 Å². The number of hydrogen-bond donors (Lipinski definition) is 1. The first-order valence-electron chi connectivity index (χ1n) is 5.14. The zero-order valence-electron chi connectivity index (χ0n) is 9.91. The number of aromatic nitrogens is 1. The molecule has 0 saturated heterocycles. The van der Waals surface area contributed by atoms with Gasteiger partial charge in [-0.25, -0.2) is 8.93 Å². The van der Waals surface area contributed by atoms with Crippen LogP contribution in [0.15, 0.2) is 15.2 Å². The molecule has 0 bridgehead atoms. The molecular formula is C10H17BrN2O2S. The van der Waals surface area contributed by atoms with Gasteiger partial charge in [-0.3, -0.25) is 0 Å². The molecule has 2 atom stereocenters. The molecule has 4 nitrogen and oxygen atoms in total.